The average Bonchev–Trinajstić information content (AvgIpc) is 3.01. The van der Waals surface area contributed by atoms with E-state index >= 15 is 0 Å². The van der Waals surface area contributed by atoms with E-state index in [1.165, 1.54) is 5.56 Å². The van der Waals surface area contributed by atoms with Gasteiger partial charge in [0, 0.05) is 12.3 Å². The Morgan fingerprint density at radius 3 is 2.65 bits per heavy atom. The monoisotopic (exact) mass is 265 g/mol. The van der Waals surface area contributed by atoms with Crippen LogP contribution < -0.4 is 9.88 Å². The highest BCUT2D eigenvalue weighted by atomic mass is 15.1. The summed E-state index contributed by atoms with van der Waals surface area (Å²) < 4.78 is 2.07. The number of rotatable bonds is 4. The van der Waals surface area contributed by atoms with E-state index in [1.807, 2.05) is 31.4 Å². The molecule has 0 fully saturated rings. The smallest absolute Gasteiger partial charge is 0.274 e. The summed E-state index contributed by atoms with van der Waals surface area (Å²) >= 11 is 0. The van der Waals surface area contributed by atoms with Crippen LogP contribution in [0.1, 0.15) is 5.56 Å². The molecule has 0 amide bonds. The highest BCUT2D eigenvalue weighted by molar-refractivity contribution is 5.58. The molecule has 0 bridgehead atoms. The van der Waals surface area contributed by atoms with E-state index in [1.54, 1.807) is 6.20 Å². The standard InChI is InChI=1S/C16H16N4/c1-20-11-3-2-4-16(20)17-12-13-5-7-14(8-6-13)15-9-10-18-19-15/h2-11H,12H2,1H3,(H,18,19)/p+1. The van der Waals surface area contributed by atoms with Crippen molar-refractivity contribution in [2.45, 2.75) is 6.54 Å². The fourth-order valence-electron chi connectivity index (χ4n) is 2.12. The molecule has 0 aliphatic heterocycles. The number of anilines is 1. The number of hydrogen-bond acceptors (Lipinski definition) is 2. The van der Waals surface area contributed by atoms with Crippen molar-refractivity contribution in [3.05, 3.63) is 66.5 Å². The summed E-state index contributed by atoms with van der Waals surface area (Å²) in [6, 6.07) is 16.6. The fraction of sp³-hybridized carbons (Fsp3) is 0.125. The summed E-state index contributed by atoms with van der Waals surface area (Å²) in [5, 5.41) is 10.4. The molecule has 2 aromatic heterocycles. The molecule has 0 radical (unpaired) electrons. The molecule has 0 spiro atoms. The van der Waals surface area contributed by atoms with Gasteiger partial charge in [-0.2, -0.15) is 5.10 Å². The van der Waals surface area contributed by atoms with E-state index in [0.717, 1.165) is 23.6 Å². The Balaban J connectivity index is 1.68. The fourth-order valence-corrected chi connectivity index (χ4v) is 2.12. The molecule has 3 rings (SSSR count). The van der Waals surface area contributed by atoms with Crippen LogP contribution in [0.15, 0.2) is 60.9 Å². The molecule has 1 aromatic carbocycles. The average molecular weight is 265 g/mol. The number of pyridine rings is 1. The van der Waals surface area contributed by atoms with E-state index < -0.39 is 0 Å². The minimum absolute atomic E-state index is 0.807. The normalized spacial score (nSPS) is 10.4. The van der Waals surface area contributed by atoms with Crippen LogP contribution in [0.5, 0.6) is 0 Å². The van der Waals surface area contributed by atoms with Gasteiger partial charge in [-0.05, 0) is 23.3 Å². The van der Waals surface area contributed by atoms with Gasteiger partial charge in [0.1, 0.15) is 6.54 Å². The zero-order valence-corrected chi connectivity index (χ0v) is 11.4. The zero-order chi connectivity index (χ0) is 13.8. The lowest BCUT2D eigenvalue weighted by molar-refractivity contribution is -0.657. The van der Waals surface area contributed by atoms with Crippen LogP contribution in [0.4, 0.5) is 5.82 Å². The molecular weight excluding hydrogens is 248 g/mol. The summed E-state index contributed by atoms with van der Waals surface area (Å²) in [5.41, 5.74) is 3.44. The Labute approximate surface area is 118 Å². The predicted octanol–water partition coefficient (Wildman–Crippen LogP) is 2.51. The number of aromatic nitrogens is 3. The van der Waals surface area contributed by atoms with Crippen molar-refractivity contribution in [2.24, 2.45) is 7.05 Å². The molecule has 0 aliphatic carbocycles. The number of H-pyrrole nitrogens is 1. The summed E-state index contributed by atoms with van der Waals surface area (Å²) in [7, 11) is 2.03. The van der Waals surface area contributed by atoms with Gasteiger partial charge in [-0.1, -0.05) is 30.3 Å². The topological polar surface area (TPSA) is 44.6 Å². The van der Waals surface area contributed by atoms with E-state index in [0.29, 0.717) is 0 Å². The van der Waals surface area contributed by atoms with Gasteiger partial charge in [0.15, 0.2) is 0 Å². The molecule has 100 valence electrons. The highest BCUT2D eigenvalue weighted by Gasteiger charge is 2.04. The summed E-state index contributed by atoms with van der Waals surface area (Å²) in [6.07, 6.45) is 3.80. The van der Waals surface area contributed by atoms with Crippen LogP contribution >= 0.6 is 0 Å². The molecule has 0 saturated carbocycles. The van der Waals surface area contributed by atoms with Crippen molar-refractivity contribution in [3.8, 4) is 11.3 Å². The third kappa shape index (κ3) is 2.69. The van der Waals surface area contributed by atoms with E-state index in [9.17, 15) is 0 Å². The molecule has 2 heterocycles. The third-order valence-electron chi connectivity index (χ3n) is 3.29. The minimum Gasteiger partial charge on any atom is -0.278 e. The molecule has 20 heavy (non-hydrogen) atoms. The molecule has 4 heteroatoms. The lowest BCUT2D eigenvalue weighted by Crippen LogP contribution is -2.31. The van der Waals surface area contributed by atoms with Crippen LogP contribution in [-0.4, -0.2) is 10.2 Å². The van der Waals surface area contributed by atoms with Crippen molar-refractivity contribution >= 4 is 5.82 Å². The van der Waals surface area contributed by atoms with Crippen LogP contribution in [0.3, 0.4) is 0 Å². The molecule has 0 aliphatic rings. The van der Waals surface area contributed by atoms with Crippen molar-refractivity contribution in [3.63, 3.8) is 0 Å². The Morgan fingerprint density at radius 2 is 1.95 bits per heavy atom. The van der Waals surface area contributed by atoms with E-state index in [-0.39, 0.29) is 0 Å². The molecular formula is C16H17N4+. The largest absolute Gasteiger partial charge is 0.278 e. The van der Waals surface area contributed by atoms with Gasteiger partial charge in [-0.15, -0.1) is 0 Å². The number of nitrogens with zero attached hydrogens (tertiary/aromatic N) is 2. The van der Waals surface area contributed by atoms with Crippen molar-refractivity contribution in [1.82, 2.24) is 10.2 Å². The summed E-state index contributed by atoms with van der Waals surface area (Å²) in [6.45, 7) is 0.807. The molecule has 2 N–H and O–H groups in total. The van der Waals surface area contributed by atoms with Gasteiger partial charge in [-0.25, -0.2) is 4.57 Å². The molecule has 0 atom stereocenters. The van der Waals surface area contributed by atoms with Crippen LogP contribution in [0.25, 0.3) is 11.3 Å². The molecule has 0 saturated heterocycles. The minimum atomic E-state index is 0.807. The van der Waals surface area contributed by atoms with Crippen molar-refractivity contribution < 1.29 is 4.57 Å². The summed E-state index contributed by atoms with van der Waals surface area (Å²) in [4.78, 5) is 0. The molecule has 3 aromatic rings. The van der Waals surface area contributed by atoms with Gasteiger partial charge < -0.3 is 0 Å². The number of benzene rings is 1. The van der Waals surface area contributed by atoms with Crippen molar-refractivity contribution in [1.29, 1.82) is 0 Å². The van der Waals surface area contributed by atoms with Gasteiger partial charge in [0.05, 0.1) is 18.9 Å². The zero-order valence-electron chi connectivity index (χ0n) is 11.4. The van der Waals surface area contributed by atoms with Crippen LogP contribution in [0, 0.1) is 0 Å². The maximum absolute atomic E-state index is 3.97. The number of nitrogens with one attached hydrogen (secondary N) is 2. The Hall–Kier alpha value is -2.62. The lowest BCUT2D eigenvalue weighted by atomic mass is 10.1. The lowest BCUT2D eigenvalue weighted by Gasteiger charge is -2.04. The second-order valence-electron chi connectivity index (χ2n) is 4.72. The SMILES string of the molecule is C[n+]1ccccc1NCc1ccc(-c2ccn[nH]2)cc1. The highest BCUT2D eigenvalue weighted by Crippen LogP contribution is 2.16. The quantitative estimate of drug-likeness (QED) is 0.712. The first kappa shape index (κ1) is 12.4. The maximum atomic E-state index is 3.97. The maximum Gasteiger partial charge on any atom is 0.274 e. The van der Waals surface area contributed by atoms with Crippen molar-refractivity contribution in [2.75, 3.05) is 5.32 Å². The Morgan fingerprint density at radius 1 is 1.10 bits per heavy atom. The van der Waals surface area contributed by atoms with Gasteiger partial charge >= 0.3 is 0 Å². The second-order valence-corrected chi connectivity index (χ2v) is 4.72. The second kappa shape index (κ2) is 5.57. The van der Waals surface area contributed by atoms with Crippen LogP contribution in [0.2, 0.25) is 0 Å². The number of hydrogen-bond donors (Lipinski definition) is 2. The first-order valence-electron chi connectivity index (χ1n) is 6.60. The molecule has 4 nitrogen and oxygen atoms in total. The first-order valence-corrected chi connectivity index (χ1v) is 6.60. The summed E-state index contributed by atoms with van der Waals surface area (Å²) in [5.74, 6) is 1.10. The number of aromatic amines is 1. The van der Waals surface area contributed by atoms with E-state index in [2.05, 4.69) is 50.4 Å². The predicted molar refractivity (Wildman–Crippen MR) is 79.0 cm³/mol. The van der Waals surface area contributed by atoms with Gasteiger partial charge in [-0.3, -0.25) is 10.4 Å². The third-order valence-corrected chi connectivity index (χ3v) is 3.29. The Bertz CT molecular complexity index is 672. The van der Waals surface area contributed by atoms with Gasteiger partial charge in [0.25, 0.3) is 5.82 Å². The number of aryl methyl sites for hydroxylation is 1. The van der Waals surface area contributed by atoms with E-state index in [4.69, 9.17) is 0 Å². The Kier molecular flexibility index (Phi) is 3.46. The molecule has 0 unspecified atom stereocenters. The first-order chi connectivity index (χ1) is 9.83. The van der Waals surface area contributed by atoms with Gasteiger partial charge in [0.2, 0.25) is 0 Å². The van der Waals surface area contributed by atoms with Crippen LogP contribution in [-0.2, 0) is 13.6 Å².